The first-order chi connectivity index (χ1) is 16.5. The smallest absolute Gasteiger partial charge is 0.261 e. The normalized spacial score (nSPS) is 12.4. The van der Waals surface area contributed by atoms with Gasteiger partial charge >= 0.3 is 0 Å². The first-order valence-corrected chi connectivity index (χ1v) is 10.6. The van der Waals surface area contributed by atoms with Crippen LogP contribution < -0.4 is 19.1 Å². The molecule has 0 aromatic heterocycles. The molecule has 174 valence electrons. The Labute approximate surface area is 197 Å². The van der Waals surface area contributed by atoms with Crippen molar-refractivity contribution in [2.45, 2.75) is 0 Å². The average Bonchev–Trinajstić information content (AvgIpc) is 3.13. The highest BCUT2D eigenvalue weighted by atomic mass is 16.5. The van der Waals surface area contributed by atoms with Gasteiger partial charge in [0.05, 0.1) is 32.5 Å². The van der Waals surface area contributed by atoms with Gasteiger partial charge in [0.25, 0.3) is 17.7 Å². The Morgan fingerprint density at radius 3 is 1.79 bits per heavy atom. The van der Waals surface area contributed by atoms with Gasteiger partial charge in [-0.15, -0.1) is 0 Å². The molecule has 0 fully saturated rings. The Morgan fingerprint density at radius 2 is 1.29 bits per heavy atom. The van der Waals surface area contributed by atoms with Crippen LogP contribution in [-0.2, 0) is 0 Å². The predicted molar refractivity (Wildman–Crippen MR) is 126 cm³/mol. The molecule has 3 aromatic rings. The van der Waals surface area contributed by atoms with Gasteiger partial charge in [0.1, 0.15) is 17.2 Å². The molecule has 0 bridgehead atoms. The Bertz CT molecular complexity index is 1180. The van der Waals surface area contributed by atoms with Crippen molar-refractivity contribution in [3.63, 3.8) is 0 Å². The van der Waals surface area contributed by atoms with Gasteiger partial charge in [0, 0.05) is 30.4 Å². The number of fused-ring (bicyclic) bond motifs is 1. The highest BCUT2D eigenvalue weighted by Gasteiger charge is 2.35. The maximum absolute atomic E-state index is 13.6. The predicted octanol–water partition coefficient (Wildman–Crippen LogP) is 3.66. The van der Waals surface area contributed by atoms with Gasteiger partial charge in [-0.05, 0) is 48.5 Å². The van der Waals surface area contributed by atoms with Crippen LogP contribution in [0.1, 0.15) is 31.1 Å². The minimum atomic E-state index is -0.370. The molecule has 0 radical (unpaired) electrons. The van der Waals surface area contributed by atoms with E-state index in [2.05, 4.69) is 0 Å². The second-order valence-corrected chi connectivity index (χ2v) is 7.56. The number of ether oxygens (including phenoxy) is 3. The van der Waals surface area contributed by atoms with E-state index in [9.17, 15) is 14.4 Å². The van der Waals surface area contributed by atoms with Gasteiger partial charge in [0.2, 0.25) is 0 Å². The molecule has 3 aromatic carbocycles. The van der Waals surface area contributed by atoms with E-state index in [0.29, 0.717) is 39.6 Å². The van der Waals surface area contributed by atoms with Crippen LogP contribution in [0.25, 0.3) is 0 Å². The van der Waals surface area contributed by atoms with Crippen molar-refractivity contribution in [3.05, 3.63) is 83.4 Å². The molecule has 0 aliphatic carbocycles. The summed E-state index contributed by atoms with van der Waals surface area (Å²) < 4.78 is 15.8. The largest absolute Gasteiger partial charge is 0.497 e. The number of hydrogen-bond acceptors (Lipinski definition) is 6. The number of carbonyl (C=O) groups excluding carboxylic acids is 3. The zero-order valence-electron chi connectivity index (χ0n) is 19.1. The third kappa shape index (κ3) is 4.30. The number of hydrogen-bond donors (Lipinski definition) is 0. The average molecular weight is 460 g/mol. The third-order valence-electron chi connectivity index (χ3n) is 5.65. The summed E-state index contributed by atoms with van der Waals surface area (Å²) in [5.41, 5.74) is 1.67. The molecule has 4 rings (SSSR count). The van der Waals surface area contributed by atoms with Crippen LogP contribution in [-0.4, -0.2) is 57.0 Å². The molecule has 34 heavy (non-hydrogen) atoms. The number of amides is 3. The molecule has 0 unspecified atom stereocenters. The number of nitrogens with zero attached hydrogens (tertiary/aromatic N) is 2. The van der Waals surface area contributed by atoms with Crippen LogP contribution in [0.4, 0.5) is 5.69 Å². The van der Waals surface area contributed by atoms with Gasteiger partial charge in [-0.25, -0.2) is 0 Å². The van der Waals surface area contributed by atoms with E-state index >= 15 is 0 Å². The molecule has 1 heterocycles. The molecule has 0 N–H and O–H groups in total. The van der Waals surface area contributed by atoms with Crippen LogP contribution in [0.2, 0.25) is 0 Å². The van der Waals surface area contributed by atoms with Crippen LogP contribution in [0, 0.1) is 0 Å². The fourth-order valence-electron chi connectivity index (χ4n) is 3.84. The molecule has 0 spiro atoms. The van der Waals surface area contributed by atoms with E-state index in [0.717, 1.165) is 0 Å². The molecule has 8 heteroatoms. The van der Waals surface area contributed by atoms with Gasteiger partial charge in [-0.3, -0.25) is 19.3 Å². The lowest BCUT2D eigenvalue weighted by molar-refractivity contribution is 0.0654. The topological polar surface area (TPSA) is 85.4 Å². The van der Waals surface area contributed by atoms with Gasteiger partial charge < -0.3 is 19.1 Å². The number of imide groups is 1. The molecule has 1 aliphatic rings. The molecule has 8 nitrogen and oxygen atoms in total. The highest BCUT2D eigenvalue weighted by Crippen LogP contribution is 2.27. The minimum Gasteiger partial charge on any atom is -0.497 e. The van der Waals surface area contributed by atoms with E-state index < -0.39 is 0 Å². The quantitative estimate of drug-likeness (QED) is 0.477. The fourth-order valence-corrected chi connectivity index (χ4v) is 3.84. The van der Waals surface area contributed by atoms with E-state index in [1.165, 1.54) is 24.0 Å². The zero-order chi connectivity index (χ0) is 24.2. The van der Waals surface area contributed by atoms with E-state index in [1.54, 1.807) is 73.8 Å². The zero-order valence-corrected chi connectivity index (χ0v) is 19.1. The second kappa shape index (κ2) is 9.66. The first-order valence-electron chi connectivity index (χ1n) is 10.6. The monoisotopic (exact) mass is 460 g/mol. The molecule has 0 saturated carbocycles. The maximum atomic E-state index is 13.6. The van der Waals surface area contributed by atoms with Gasteiger partial charge in [0.15, 0.2) is 0 Å². The van der Waals surface area contributed by atoms with Crippen LogP contribution in [0.15, 0.2) is 66.7 Å². The summed E-state index contributed by atoms with van der Waals surface area (Å²) >= 11 is 0. The molecule has 1 aliphatic heterocycles. The Balaban J connectivity index is 1.65. The van der Waals surface area contributed by atoms with Crippen LogP contribution in [0.3, 0.4) is 0 Å². The molecule has 0 saturated heterocycles. The van der Waals surface area contributed by atoms with Crippen LogP contribution >= 0.6 is 0 Å². The third-order valence-corrected chi connectivity index (χ3v) is 5.65. The summed E-state index contributed by atoms with van der Waals surface area (Å²) in [6, 6.07) is 18.6. The molecular formula is C26H24N2O6. The fraction of sp³-hybridized carbons (Fsp3) is 0.192. The SMILES string of the molecule is COc1ccc(N(CCN2C(=O)c3ccccc3C2=O)C(=O)c2cc(OC)cc(OC)c2)cc1. The lowest BCUT2D eigenvalue weighted by Gasteiger charge is -2.26. The van der Waals surface area contributed by atoms with Gasteiger partial charge in [-0.1, -0.05) is 12.1 Å². The summed E-state index contributed by atoms with van der Waals surface area (Å²) in [4.78, 5) is 41.9. The van der Waals surface area contributed by atoms with Crippen molar-refractivity contribution in [2.75, 3.05) is 39.3 Å². The van der Waals surface area contributed by atoms with Crippen molar-refractivity contribution in [1.82, 2.24) is 4.90 Å². The summed E-state index contributed by atoms with van der Waals surface area (Å²) in [6.45, 7) is 0.126. The molecule has 0 atom stereocenters. The Morgan fingerprint density at radius 1 is 0.765 bits per heavy atom. The van der Waals surface area contributed by atoms with E-state index in [1.807, 2.05) is 0 Å². The second-order valence-electron chi connectivity index (χ2n) is 7.56. The number of rotatable bonds is 8. The first kappa shape index (κ1) is 22.8. The number of benzene rings is 3. The van der Waals surface area contributed by atoms with Crippen LogP contribution in [0.5, 0.6) is 17.2 Å². The summed E-state index contributed by atoms with van der Waals surface area (Å²) in [5.74, 6) is 0.505. The van der Waals surface area contributed by atoms with Crippen molar-refractivity contribution in [2.24, 2.45) is 0 Å². The van der Waals surface area contributed by atoms with Crippen molar-refractivity contribution >= 4 is 23.4 Å². The van der Waals surface area contributed by atoms with Crippen molar-refractivity contribution in [3.8, 4) is 17.2 Å². The lowest BCUT2D eigenvalue weighted by Crippen LogP contribution is -2.41. The van der Waals surface area contributed by atoms with E-state index in [-0.39, 0.29) is 30.8 Å². The standard InChI is InChI=1S/C26H24N2O6/c1-32-19-10-8-18(9-11-19)27(24(29)17-14-20(33-2)16-21(15-17)34-3)12-13-28-25(30)22-6-4-5-7-23(22)26(28)31/h4-11,14-16H,12-13H2,1-3H3. The highest BCUT2D eigenvalue weighted by molar-refractivity contribution is 6.21. The van der Waals surface area contributed by atoms with Crippen molar-refractivity contribution in [1.29, 1.82) is 0 Å². The van der Waals surface area contributed by atoms with Gasteiger partial charge in [-0.2, -0.15) is 0 Å². The summed E-state index contributed by atoms with van der Waals surface area (Å²) in [6.07, 6.45) is 0. The molecular weight excluding hydrogens is 436 g/mol. The lowest BCUT2D eigenvalue weighted by atomic mass is 10.1. The number of carbonyl (C=O) groups is 3. The van der Waals surface area contributed by atoms with E-state index in [4.69, 9.17) is 14.2 Å². The minimum absolute atomic E-state index is 0.0330. The summed E-state index contributed by atoms with van der Waals surface area (Å²) in [5, 5.41) is 0. The number of methoxy groups -OCH3 is 3. The molecule has 3 amide bonds. The summed E-state index contributed by atoms with van der Waals surface area (Å²) in [7, 11) is 4.57. The number of anilines is 1. The Kier molecular flexibility index (Phi) is 6.49. The van der Waals surface area contributed by atoms with Crippen molar-refractivity contribution < 1.29 is 28.6 Å². The maximum Gasteiger partial charge on any atom is 0.261 e. The Hall–Kier alpha value is -4.33.